The number of amides is 2. The average molecular weight is 475 g/mol. The van der Waals surface area contributed by atoms with Crippen molar-refractivity contribution in [2.45, 2.75) is 32.0 Å². The van der Waals surface area contributed by atoms with Crippen molar-refractivity contribution in [1.82, 2.24) is 25.1 Å². The summed E-state index contributed by atoms with van der Waals surface area (Å²) in [5, 5.41) is 17.4. The molecule has 3 aromatic rings. The van der Waals surface area contributed by atoms with Crippen LogP contribution in [-0.4, -0.2) is 44.4 Å². The third-order valence-electron chi connectivity index (χ3n) is 4.65. The monoisotopic (exact) mass is 474 g/mol. The van der Waals surface area contributed by atoms with Crippen molar-refractivity contribution in [3.63, 3.8) is 0 Å². The molecule has 2 N–H and O–H groups in total. The number of ether oxygens (including phenoxy) is 1. The van der Waals surface area contributed by atoms with Gasteiger partial charge in [-0.3, -0.25) is 9.59 Å². The molecule has 1 unspecified atom stereocenters. The number of thioether (sulfide) groups is 1. The van der Waals surface area contributed by atoms with Gasteiger partial charge in [0.05, 0.1) is 24.6 Å². The van der Waals surface area contributed by atoms with Crippen LogP contribution in [0.15, 0.2) is 34.8 Å². The molecule has 0 aliphatic heterocycles. The van der Waals surface area contributed by atoms with E-state index in [1.54, 1.807) is 31.4 Å². The zero-order chi connectivity index (χ0) is 23.3. The molecule has 9 nitrogen and oxygen atoms in total. The Kier molecular flexibility index (Phi) is 7.86. The fraction of sp³-hybridized carbons (Fsp3) is 0.381. The predicted molar refractivity (Wildman–Crippen MR) is 125 cm³/mol. The van der Waals surface area contributed by atoms with Crippen molar-refractivity contribution < 1.29 is 14.3 Å². The van der Waals surface area contributed by atoms with Crippen LogP contribution >= 0.6 is 23.1 Å². The van der Waals surface area contributed by atoms with Crippen LogP contribution in [-0.2, 0) is 11.8 Å². The van der Waals surface area contributed by atoms with E-state index in [9.17, 15) is 9.59 Å². The molecule has 2 amide bonds. The summed E-state index contributed by atoms with van der Waals surface area (Å²) in [6, 6.07) is 6.57. The van der Waals surface area contributed by atoms with Crippen LogP contribution in [0.5, 0.6) is 5.75 Å². The highest BCUT2D eigenvalue weighted by Crippen LogP contribution is 2.25. The molecule has 1 atom stereocenters. The van der Waals surface area contributed by atoms with E-state index >= 15 is 0 Å². The summed E-state index contributed by atoms with van der Waals surface area (Å²) in [6.07, 6.45) is 0. The van der Waals surface area contributed by atoms with Gasteiger partial charge in [0.2, 0.25) is 5.91 Å². The minimum Gasteiger partial charge on any atom is -0.497 e. The number of carbonyl (C=O) groups is 2. The van der Waals surface area contributed by atoms with Crippen molar-refractivity contribution in [3.05, 3.63) is 46.7 Å². The summed E-state index contributed by atoms with van der Waals surface area (Å²) in [7, 11) is 3.41. The second-order valence-corrected chi connectivity index (χ2v) is 9.25. The first-order valence-electron chi connectivity index (χ1n) is 9.97. The fourth-order valence-corrected chi connectivity index (χ4v) is 4.34. The number of rotatable bonds is 9. The van der Waals surface area contributed by atoms with Crippen molar-refractivity contribution in [2.75, 3.05) is 18.2 Å². The maximum atomic E-state index is 12.8. The number of anilines is 1. The van der Waals surface area contributed by atoms with Crippen molar-refractivity contribution in [1.29, 1.82) is 0 Å². The van der Waals surface area contributed by atoms with Gasteiger partial charge in [-0.25, -0.2) is 4.98 Å². The van der Waals surface area contributed by atoms with E-state index in [0.29, 0.717) is 27.4 Å². The summed E-state index contributed by atoms with van der Waals surface area (Å²) in [6.45, 7) is 5.88. The minimum atomic E-state index is -0.344. The third-order valence-corrected chi connectivity index (χ3v) is 6.55. The van der Waals surface area contributed by atoms with E-state index in [2.05, 4.69) is 25.8 Å². The number of nitrogens with zero attached hydrogens (tertiary/aromatic N) is 4. The molecule has 2 aromatic heterocycles. The standard InChI is InChI=1S/C21H26N6O3S2/c1-12(2)17(24-19(29)14-6-8-15(30-5)9-7-14)18-25-26-21(27(18)4)32-11-16(28)23-20-22-13(3)10-31-20/h6-10,12,17H,11H2,1-5H3,(H,24,29)(H,22,23,28). The van der Waals surface area contributed by atoms with Gasteiger partial charge in [0.1, 0.15) is 5.75 Å². The highest BCUT2D eigenvalue weighted by atomic mass is 32.2. The van der Waals surface area contributed by atoms with Gasteiger partial charge in [0.25, 0.3) is 5.91 Å². The first kappa shape index (κ1) is 23.7. The Morgan fingerprint density at radius 2 is 1.94 bits per heavy atom. The van der Waals surface area contributed by atoms with Crippen LogP contribution in [0.4, 0.5) is 5.13 Å². The van der Waals surface area contributed by atoms with Gasteiger partial charge < -0.3 is 19.9 Å². The molecule has 0 aliphatic carbocycles. The number of aromatic nitrogens is 4. The number of hydrogen-bond acceptors (Lipinski definition) is 8. The van der Waals surface area contributed by atoms with E-state index in [1.807, 2.05) is 37.8 Å². The first-order chi connectivity index (χ1) is 15.3. The zero-order valence-corrected chi connectivity index (χ0v) is 20.2. The molecule has 0 radical (unpaired) electrons. The van der Waals surface area contributed by atoms with Gasteiger partial charge in [-0.1, -0.05) is 25.6 Å². The Morgan fingerprint density at radius 1 is 1.22 bits per heavy atom. The Morgan fingerprint density at radius 3 is 2.53 bits per heavy atom. The maximum absolute atomic E-state index is 12.8. The van der Waals surface area contributed by atoms with E-state index in [1.165, 1.54) is 23.1 Å². The summed E-state index contributed by atoms with van der Waals surface area (Å²) in [4.78, 5) is 29.2. The molecule has 1 aromatic carbocycles. The SMILES string of the molecule is COc1ccc(C(=O)NC(c2nnc(SCC(=O)Nc3nc(C)cs3)n2C)C(C)C)cc1. The number of aryl methyl sites for hydroxylation is 1. The van der Waals surface area contributed by atoms with Crippen LogP contribution in [0.25, 0.3) is 0 Å². The van der Waals surface area contributed by atoms with Crippen molar-refractivity contribution in [2.24, 2.45) is 13.0 Å². The lowest BCUT2D eigenvalue weighted by Gasteiger charge is -2.21. The summed E-state index contributed by atoms with van der Waals surface area (Å²) in [5.41, 5.74) is 1.40. The van der Waals surface area contributed by atoms with Gasteiger partial charge in [-0.2, -0.15) is 0 Å². The molecule has 170 valence electrons. The molecule has 0 saturated heterocycles. The van der Waals surface area contributed by atoms with Gasteiger partial charge in [-0.15, -0.1) is 21.5 Å². The molecular formula is C21H26N6O3S2. The molecule has 0 spiro atoms. The molecule has 0 bridgehead atoms. The molecule has 32 heavy (non-hydrogen) atoms. The van der Waals surface area contributed by atoms with Gasteiger partial charge >= 0.3 is 0 Å². The quantitative estimate of drug-likeness (QED) is 0.457. The Balaban J connectivity index is 1.65. The van der Waals surface area contributed by atoms with Crippen molar-refractivity contribution >= 4 is 40.0 Å². The van der Waals surface area contributed by atoms with Crippen LogP contribution in [0.1, 0.15) is 41.8 Å². The van der Waals surface area contributed by atoms with E-state index in [4.69, 9.17) is 4.74 Å². The first-order valence-corrected chi connectivity index (χ1v) is 11.8. The van der Waals surface area contributed by atoms with E-state index in [-0.39, 0.29) is 29.5 Å². The van der Waals surface area contributed by atoms with Crippen LogP contribution in [0.2, 0.25) is 0 Å². The molecule has 0 aliphatic rings. The van der Waals surface area contributed by atoms with E-state index in [0.717, 1.165) is 5.69 Å². The smallest absolute Gasteiger partial charge is 0.251 e. The normalized spacial score (nSPS) is 11.9. The molecule has 3 rings (SSSR count). The topological polar surface area (TPSA) is 111 Å². The minimum absolute atomic E-state index is 0.0781. The van der Waals surface area contributed by atoms with Crippen LogP contribution < -0.4 is 15.4 Å². The van der Waals surface area contributed by atoms with Gasteiger partial charge in [-0.05, 0) is 37.1 Å². The molecule has 0 fully saturated rings. The summed E-state index contributed by atoms with van der Waals surface area (Å²) in [5.74, 6) is 1.19. The molecular weight excluding hydrogens is 448 g/mol. The molecule has 2 heterocycles. The zero-order valence-electron chi connectivity index (χ0n) is 18.6. The lowest BCUT2D eigenvalue weighted by molar-refractivity contribution is -0.113. The average Bonchev–Trinajstić information content (AvgIpc) is 3.35. The van der Waals surface area contributed by atoms with E-state index < -0.39 is 0 Å². The Hall–Kier alpha value is -2.92. The number of benzene rings is 1. The van der Waals surface area contributed by atoms with Gasteiger partial charge in [0.15, 0.2) is 16.1 Å². The van der Waals surface area contributed by atoms with Gasteiger partial charge in [0, 0.05) is 18.0 Å². The summed E-state index contributed by atoms with van der Waals surface area (Å²) < 4.78 is 6.95. The van der Waals surface area contributed by atoms with Crippen LogP contribution in [0.3, 0.4) is 0 Å². The maximum Gasteiger partial charge on any atom is 0.251 e. The number of hydrogen-bond donors (Lipinski definition) is 2. The lowest BCUT2D eigenvalue weighted by Crippen LogP contribution is -2.33. The number of thiazole rings is 1. The number of nitrogens with one attached hydrogen (secondary N) is 2. The second-order valence-electron chi connectivity index (χ2n) is 7.45. The highest BCUT2D eigenvalue weighted by molar-refractivity contribution is 7.99. The fourth-order valence-electron chi connectivity index (χ4n) is 2.92. The highest BCUT2D eigenvalue weighted by Gasteiger charge is 2.25. The van der Waals surface area contributed by atoms with Crippen LogP contribution in [0, 0.1) is 12.8 Å². The molecule has 11 heteroatoms. The number of methoxy groups -OCH3 is 1. The van der Waals surface area contributed by atoms with Crippen molar-refractivity contribution in [3.8, 4) is 5.75 Å². The second kappa shape index (κ2) is 10.6. The third kappa shape index (κ3) is 5.86. The number of carbonyl (C=O) groups excluding carboxylic acids is 2. The molecule has 0 saturated carbocycles. The predicted octanol–water partition coefficient (Wildman–Crippen LogP) is 3.45. The lowest BCUT2D eigenvalue weighted by atomic mass is 10.0. The largest absolute Gasteiger partial charge is 0.497 e. The summed E-state index contributed by atoms with van der Waals surface area (Å²) >= 11 is 2.67. The Labute approximate surface area is 195 Å². The Bertz CT molecular complexity index is 1080.